The van der Waals surface area contributed by atoms with E-state index in [1.165, 1.54) is 11.3 Å². The lowest BCUT2D eigenvalue weighted by Gasteiger charge is -2.25. The van der Waals surface area contributed by atoms with Gasteiger partial charge in [-0.3, -0.25) is 14.2 Å². The van der Waals surface area contributed by atoms with Crippen LogP contribution in [0.3, 0.4) is 0 Å². The maximum absolute atomic E-state index is 13.8. The van der Waals surface area contributed by atoms with Gasteiger partial charge in [-0.1, -0.05) is 53.8 Å². The Bertz CT molecular complexity index is 1670. The first kappa shape index (κ1) is 25.2. The van der Waals surface area contributed by atoms with E-state index in [1.807, 2.05) is 98.8 Å². The minimum absolute atomic E-state index is 0.181. The molecule has 1 N–H and O–H groups in total. The van der Waals surface area contributed by atoms with E-state index in [9.17, 15) is 9.59 Å². The number of ether oxygens (including phenoxy) is 1. The van der Waals surface area contributed by atoms with Gasteiger partial charge in [0.2, 0.25) is 0 Å². The average Bonchev–Trinajstić information content (AvgIpc) is 3.18. The number of carbonyl (C=O) groups excluding carboxylic acids is 1. The van der Waals surface area contributed by atoms with Crippen LogP contribution in [0, 0.1) is 3.57 Å². The van der Waals surface area contributed by atoms with Gasteiger partial charge in [0, 0.05) is 9.26 Å². The molecule has 1 amide bonds. The Labute approximate surface area is 231 Å². The van der Waals surface area contributed by atoms with Crippen LogP contribution in [0.1, 0.15) is 31.0 Å². The van der Waals surface area contributed by atoms with Crippen LogP contribution in [0.5, 0.6) is 5.75 Å². The number of rotatable bonds is 6. The lowest BCUT2D eigenvalue weighted by molar-refractivity contribution is -0.113. The molecule has 0 bridgehead atoms. The minimum atomic E-state index is -0.631. The van der Waals surface area contributed by atoms with Gasteiger partial charge in [0.15, 0.2) is 4.80 Å². The number of aromatic nitrogens is 1. The first-order chi connectivity index (χ1) is 17.9. The fraction of sp³-hybridized carbons (Fsp3) is 0.138. The summed E-state index contributed by atoms with van der Waals surface area (Å²) in [5.41, 5.74) is 3.24. The first-order valence-corrected chi connectivity index (χ1v) is 13.7. The summed E-state index contributed by atoms with van der Waals surface area (Å²) in [5.74, 6) is 0.437. The molecular weight excluding hydrogens is 597 g/mol. The van der Waals surface area contributed by atoms with Crippen molar-refractivity contribution in [3.8, 4) is 5.75 Å². The van der Waals surface area contributed by atoms with Crippen molar-refractivity contribution in [2.75, 3.05) is 11.9 Å². The van der Waals surface area contributed by atoms with Gasteiger partial charge < -0.3 is 10.1 Å². The summed E-state index contributed by atoms with van der Waals surface area (Å²) in [6.07, 6.45) is 1.88. The lowest BCUT2D eigenvalue weighted by atomic mass is 9.95. The van der Waals surface area contributed by atoms with Gasteiger partial charge in [-0.05, 0) is 90.0 Å². The molecule has 8 heteroatoms. The Morgan fingerprint density at radius 3 is 2.57 bits per heavy atom. The summed E-state index contributed by atoms with van der Waals surface area (Å²) in [5, 5.41) is 2.97. The number of thiazole rings is 1. The number of amides is 1. The van der Waals surface area contributed by atoms with Crippen LogP contribution >= 0.6 is 33.9 Å². The van der Waals surface area contributed by atoms with Crippen molar-refractivity contribution >= 4 is 51.6 Å². The summed E-state index contributed by atoms with van der Waals surface area (Å²) >= 11 is 3.58. The molecule has 6 nitrogen and oxygen atoms in total. The molecule has 1 aromatic heterocycles. The van der Waals surface area contributed by atoms with Gasteiger partial charge in [0.05, 0.1) is 28.5 Å². The molecular formula is C29H24IN3O3S. The number of benzene rings is 3. The van der Waals surface area contributed by atoms with Gasteiger partial charge in [0.25, 0.3) is 11.5 Å². The van der Waals surface area contributed by atoms with Crippen molar-refractivity contribution in [1.82, 2.24) is 4.57 Å². The number of hydrogen-bond donors (Lipinski definition) is 1. The highest BCUT2D eigenvalue weighted by molar-refractivity contribution is 14.1. The normalized spacial score (nSPS) is 15.2. The fourth-order valence-corrected chi connectivity index (χ4v) is 5.92. The van der Waals surface area contributed by atoms with Gasteiger partial charge in [-0.15, -0.1) is 0 Å². The van der Waals surface area contributed by atoms with E-state index >= 15 is 0 Å². The fourth-order valence-electron chi connectivity index (χ4n) is 4.31. The highest BCUT2D eigenvalue weighted by atomic mass is 127. The van der Waals surface area contributed by atoms with Crippen molar-refractivity contribution in [2.45, 2.75) is 19.9 Å². The molecule has 4 aromatic rings. The summed E-state index contributed by atoms with van der Waals surface area (Å²) in [7, 11) is 0. The number of hydrogen-bond acceptors (Lipinski definition) is 5. The zero-order valence-electron chi connectivity index (χ0n) is 20.3. The zero-order chi connectivity index (χ0) is 25.9. The number of fused-ring (bicyclic) bond motifs is 1. The topological polar surface area (TPSA) is 72.7 Å². The van der Waals surface area contributed by atoms with Gasteiger partial charge >= 0.3 is 0 Å². The van der Waals surface area contributed by atoms with E-state index < -0.39 is 6.04 Å². The molecule has 0 fully saturated rings. The molecule has 0 spiro atoms. The Balaban J connectivity index is 1.66. The van der Waals surface area contributed by atoms with Crippen LogP contribution in [0.25, 0.3) is 6.08 Å². The largest absolute Gasteiger partial charge is 0.494 e. The lowest BCUT2D eigenvalue weighted by Crippen LogP contribution is -2.40. The van der Waals surface area contributed by atoms with E-state index in [-0.39, 0.29) is 11.5 Å². The third kappa shape index (κ3) is 5.30. The number of para-hydroxylation sites is 1. The SMILES string of the molecule is CCOc1ccc([C@@H]2C(C(=O)Nc3ccccc3)=C(C)N=c3s/c(=C/c4cccc(I)c4)c(=O)n32)cc1. The monoisotopic (exact) mass is 621 g/mol. The first-order valence-electron chi connectivity index (χ1n) is 11.8. The molecule has 0 aliphatic carbocycles. The Hall–Kier alpha value is -3.50. The number of allylic oxidation sites excluding steroid dienone is 1. The molecule has 2 heterocycles. The van der Waals surface area contributed by atoms with E-state index in [0.717, 1.165) is 20.4 Å². The Morgan fingerprint density at radius 1 is 1.11 bits per heavy atom. The molecule has 3 aromatic carbocycles. The highest BCUT2D eigenvalue weighted by Crippen LogP contribution is 2.31. The van der Waals surface area contributed by atoms with Crippen molar-refractivity contribution in [3.05, 3.63) is 125 Å². The second-order valence-corrected chi connectivity index (χ2v) is 10.7. The van der Waals surface area contributed by atoms with Crippen LogP contribution in [0.2, 0.25) is 0 Å². The van der Waals surface area contributed by atoms with Crippen LogP contribution in [0.15, 0.2) is 99.9 Å². The van der Waals surface area contributed by atoms with Gasteiger partial charge in [-0.25, -0.2) is 4.99 Å². The summed E-state index contributed by atoms with van der Waals surface area (Å²) in [6.45, 7) is 4.30. The maximum atomic E-state index is 13.8. The standard InChI is InChI=1S/C29H24IN3O3S/c1-3-36-23-14-12-20(13-15-23)26-25(27(34)32-22-10-5-4-6-11-22)18(2)31-29-33(26)28(35)24(37-29)17-19-8-7-9-21(30)16-19/h4-17,26H,3H2,1-2H3,(H,32,34)/b24-17+/t26-/m1/s1. The smallest absolute Gasteiger partial charge is 0.271 e. The van der Waals surface area contributed by atoms with Crippen molar-refractivity contribution in [3.63, 3.8) is 0 Å². The van der Waals surface area contributed by atoms with Crippen molar-refractivity contribution < 1.29 is 9.53 Å². The molecule has 0 unspecified atom stereocenters. The minimum Gasteiger partial charge on any atom is -0.494 e. The van der Waals surface area contributed by atoms with Crippen LogP contribution in [-0.4, -0.2) is 17.1 Å². The third-order valence-electron chi connectivity index (χ3n) is 5.95. The second-order valence-electron chi connectivity index (χ2n) is 8.46. The second kappa shape index (κ2) is 10.9. The predicted molar refractivity (Wildman–Crippen MR) is 156 cm³/mol. The number of nitrogens with one attached hydrogen (secondary N) is 1. The van der Waals surface area contributed by atoms with E-state index in [2.05, 4.69) is 27.9 Å². The molecule has 0 saturated heterocycles. The molecule has 1 atom stereocenters. The van der Waals surface area contributed by atoms with Crippen LogP contribution < -0.4 is 24.9 Å². The Morgan fingerprint density at radius 2 is 1.86 bits per heavy atom. The van der Waals surface area contributed by atoms with Crippen LogP contribution in [-0.2, 0) is 4.79 Å². The molecule has 5 rings (SSSR count). The number of anilines is 1. The summed E-state index contributed by atoms with van der Waals surface area (Å²) < 4.78 is 8.90. The quantitative estimate of drug-likeness (QED) is 0.312. The van der Waals surface area contributed by atoms with E-state index in [1.54, 1.807) is 4.57 Å². The Kier molecular flexibility index (Phi) is 7.38. The molecule has 0 radical (unpaired) electrons. The number of halogens is 1. The number of nitrogens with zero attached hydrogens (tertiary/aromatic N) is 2. The zero-order valence-corrected chi connectivity index (χ0v) is 23.2. The molecule has 0 saturated carbocycles. The van der Waals surface area contributed by atoms with Crippen molar-refractivity contribution in [1.29, 1.82) is 0 Å². The van der Waals surface area contributed by atoms with Gasteiger partial charge in [-0.2, -0.15) is 0 Å². The predicted octanol–water partition coefficient (Wildman–Crippen LogP) is 4.88. The van der Waals surface area contributed by atoms with E-state index in [4.69, 9.17) is 9.73 Å². The highest BCUT2D eigenvalue weighted by Gasteiger charge is 2.32. The third-order valence-corrected chi connectivity index (χ3v) is 7.61. The average molecular weight is 622 g/mol. The molecule has 1 aliphatic heterocycles. The van der Waals surface area contributed by atoms with Crippen LogP contribution in [0.4, 0.5) is 5.69 Å². The van der Waals surface area contributed by atoms with Gasteiger partial charge in [0.1, 0.15) is 5.75 Å². The summed E-state index contributed by atoms with van der Waals surface area (Å²) in [4.78, 5) is 32.7. The molecule has 1 aliphatic rings. The van der Waals surface area contributed by atoms with E-state index in [0.29, 0.717) is 32.9 Å². The van der Waals surface area contributed by atoms with Crippen molar-refractivity contribution in [2.24, 2.45) is 4.99 Å². The maximum Gasteiger partial charge on any atom is 0.271 e. The summed E-state index contributed by atoms with van der Waals surface area (Å²) in [6, 6.07) is 24.1. The number of carbonyl (C=O) groups is 1. The molecule has 186 valence electrons. The molecule has 37 heavy (non-hydrogen) atoms.